The SMILES string of the molecule is O=C(Nc1ccc(Cl)c(C(F)(F)F)c1)C(F)=Cc1cccc(Oc2ccnc(C3=NCCN3)c2)c1. The number of anilines is 1. The van der Waals surface area contributed by atoms with E-state index in [4.69, 9.17) is 16.3 Å². The molecule has 2 N–H and O–H groups in total. The summed E-state index contributed by atoms with van der Waals surface area (Å²) >= 11 is 5.56. The number of carbonyl (C=O) groups is 1. The van der Waals surface area contributed by atoms with Crippen molar-refractivity contribution in [3.63, 3.8) is 0 Å². The highest BCUT2D eigenvalue weighted by Crippen LogP contribution is 2.36. The molecule has 1 aromatic heterocycles. The van der Waals surface area contributed by atoms with Gasteiger partial charge in [-0.1, -0.05) is 23.7 Å². The summed E-state index contributed by atoms with van der Waals surface area (Å²) in [4.78, 5) is 20.7. The highest BCUT2D eigenvalue weighted by Gasteiger charge is 2.33. The highest BCUT2D eigenvalue weighted by atomic mass is 35.5. The fraction of sp³-hybridized carbons (Fsp3) is 0.125. The number of aromatic nitrogens is 1. The lowest BCUT2D eigenvalue weighted by molar-refractivity contribution is -0.137. The van der Waals surface area contributed by atoms with Gasteiger partial charge in [0.15, 0.2) is 5.83 Å². The van der Waals surface area contributed by atoms with Crippen LogP contribution in [-0.4, -0.2) is 29.8 Å². The first-order chi connectivity index (χ1) is 16.7. The fourth-order valence-corrected chi connectivity index (χ4v) is 3.43. The van der Waals surface area contributed by atoms with E-state index in [-0.39, 0.29) is 5.69 Å². The zero-order valence-corrected chi connectivity index (χ0v) is 18.6. The molecular formula is C24H17ClF4N4O2. The van der Waals surface area contributed by atoms with Crippen LogP contribution in [0.15, 0.2) is 71.6 Å². The molecule has 0 aliphatic carbocycles. The van der Waals surface area contributed by atoms with E-state index >= 15 is 0 Å². The second-order valence-corrected chi connectivity index (χ2v) is 7.75. The smallest absolute Gasteiger partial charge is 0.417 e. The molecule has 1 amide bonds. The van der Waals surface area contributed by atoms with Crippen molar-refractivity contribution >= 4 is 35.1 Å². The molecule has 180 valence electrons. The molecule has 1 aliphatic heterocycles. The number of rotatable bonds is 6. The molecule has 35 heavy (non-hydrogen) atoms. The maximum Gasteiger partial charge on any atom is 0.417 e. The Morgan fingerprint density at radius 1 is 1.11 bits per heavy atom. The third kappa shape index (κ3) is 6.15. The van der Waals surface area contributed by atoms with Gasteiger partial charge in [-0.05, 0) is 48.0 Å². The van der Waals surface area contributed by atoms with Crippen LogP contribution in [0.1, 0.15) is 16.8 Å². The number of nitrogens with zero attached hydrogens (tertiary/aromatic N) is 2. The second kappa shape index (κ2) is 10.1. The Bertz CT molecular complexity index is 1320. The van der Waals surface area contributed by atoms with Crippen molar-refractivity contribution in [2.24, 2.45) is 4.99 Å². The van der Waals surface area contributed by atoms with Crippen LogP contribution in [0.3, 0.4) is 0 Å². The van der Waals surface area contributed by atoms with Crippen molar-refractivity contribution in [1.29, 1.82) is 0 Å². The van der Waals surface area contributed by atoms with Crippen LogP contribution in [0, 0.1) is 0 Å². The first-order valence-electron chi connectivity index (χ1n) is 10.3. The fourth-order valence-electron chi connectivity index (χ4n) is 3.20. The van der Waals surface area contributed by atoms with E-state index in [1.807, 2.05) is 0 Å². The van der Waals surface area contributed by atoms with Crippen LogP contribution in [-0.2, 0) is 11.0 Å². The number of halogens is 5. The third-order valence-electron chi connectivity index (χ3n) is 4.78. The molecule has 2 aromatic carbocycles. The summed E-state index contributed by atoms with van der Waals surface area (Å²) < 4.78 is 59.3. The Labute approximate surface area is 202 Å². The van der Waals surface area contributed by atoms with Crippen LogP contribution < -0.4 is 15.4 Å². The summed E-state index contributed by atoms with van der Waals surface area (Å²) in [7, 11) is 0. The molecule has 0 spiro atoms. The number of hydrogen-bond donors (Lipinski definition) is 2. The number of ether oxygens (including phenoxy) is 1. The van der Waals surface area contributed by atoms with Gasteiger partial charge in [0.05, 0.1) is 17.1 Å². The van der Waals surface area contributed by atoms with Crippen LogP contribution >= 0.6 is 11.6 Å². The summed E-state index contributed by atoms with van der Waals surface area (Å²) in [6, 6.07) is 12.4. The van der Waals surface area contributed by atoms with Gasteiger partial charge in [0.25, 0.3) is 5.91 Å². The van der Waals surface area contributed by atoms with Gasteiger partial charge < -0.3 is 15.4 Å². The number of alkyl halides is 3. The molecule has 0 radical (unpaired) electrons. The molecule has 0 fully saturated rings. The third-order valence-corrected chi connectivity index (χ3v) is 5.11. The highest BCUT2D eigenvalue weighted by molar-refractivity contribution is 6.31. The van der Waals surface area contributed by atoms with Crippen molar-refractivity contribution in [3.8, 4) is 11.5 Å². The Hall–Kier alpha value is -3.92. The Morgan fingerprint density at radius 3 is 2.66 bits per heavy atom. The van der Waals surface area contributed by atoms with Crippen LogP contribution in [0.2, 0.25) is 5.02 Å². The lowest BCUT2D eigenvalue weighted by atomic mass is 10.1. The number of aliphatic imine (C=N–C) groups is 1. The summed E-state index contributed by atoms with van der Waals surface area (Å²) in [6.07, 6.45) is -2.21. The van der Waals surface area contributed by atoms with E-state index in [9.17, 15) is 22.4 Å². The summed E-state index contributed by atoms with van der Waals surface area (Å²) in [5.74, 6) is -0.896. The van der Waals surface area contributed by atoms with Crippen LogP contribution in [0.4, 0.5) is 23.2 Å². The molecule has 0 saturated carbocycles. The second-order valence-electron chi connectivity index (χ2n) is 7.35. The number of pyridine rings is 1. The quantitative estimate of drug-likeness (QED) is 0.326. The van der Waals surface area contributed by atoms with E-state index < -0.39 is 28.5 Å². The molecule has 4 rings (SSSR count). The molecule has 0 unspecified atom stereocenters. The normalized spacial score (nSPS) is 13.7. The maximum absolute atomic E-state index is 14.5. The molecular weight excluding hydrogens is 488 g/mol. The van der Waals surface area contributed by atoms with Crippen molar-refractivity contribution < 1.29 is 27.1 Å². The predicted octanol–water partition coefficient (Wildman–Crippen LogP) is 5.85. The number of benzene rings is 2. The zero-order chi connectivity index (χ0) is 25.0. The Balaban J connectivity index is 1.47. The number of amides is 1. The van der Waals surface area contributed by atoms with Crippen molar-refractivity contribution in [2.45, 2.75) is 6.18 Å². The summed E-state index contributed by atoms with van der Waals surface area (Å²) in [5.41, 5.74) is -0.462. The average Bonchev–Trinajstić information content (AvgIpc) is 3.35. The van der Waals surface area contributed by atoms with Gasteiger partial charge >= 0.3 is 6.18 Å². The van der Waals surface area contributed by atoms with Gasteiger partial charge in [-0.3, -0.25) is 14.8 Å². The number of carbonyl (C=O) groups excluding carboxylic acids is 1. The largest absolute Gasteiger partial charge is 0.457 e. The molecule has 0 bridgehead atoms. The molecule has 2 heterocycles. The minimum atomic E-state index is -4.72. The van der Waals surface area contributed by atoms with Gasteiger partial charge in [0, 0.05) is 24.5 Å². The van der Waals surface area contributed by atoms with E-state index in [2.05, 4.69) is 20.6 Å². The Kier molecular flexibility index (Phi) is 7.02. The monoisotopic (exact) mass is 504 g/mol. The maximum atomic E-state index is 14.5. The van der Waals surface area contributed by atoms with Gasteiger partial charge in [-0.25, -0.2) is 4.39 Å². The molecule has 11 heteroatoms. The van der Waals surface area contributed by atoms with Gasteiger partial charge in [0.2, 0.25) is 0 Å². The lowest BCUT2D eigenvalue weighted by Gasteiger charge is -2.11. The molecule has 3 aromatic rings. The van der Waals surface area contributed by atoms with Gasteiger partial charge in [0.1, 0.15) is 23.0 Å². The van der Waals surface area contributed by atoms with Crippen LogP contribution in [0.25, 0.3) is 6.08 Å². The van der Waals surface area contributed by atoms with Crippen LogP contribution in [0.5, 0.6) is 11.5 Å². The molecule has 0 saturated heterocycles. The topological polar surface area (TPSA) is 75.6 Å². The van der Waals surface area contributed by atoms with Gasteiger partial charge in [-0.2, -0.15) is 13.2 Å². The molecule has 6 nitrogen and oxygen atoms in total. The zero-order valence-electron chi connectivity index (χ0n) is 17.9. The Morgan fingerprint density at radius 2 is 1.91 bits per heavy atom. The number of hydrogen-bond acceptors (Lipinski definition) is 5. The van der Waals surface area contributed by atoms with Crippen molar-refractivity contribution in [3.05, 3.63) is 88.5 Å². The number of nitrogens with one attached hydrogen (secondary N) is 2. The molecule has 0 atom stereocenters. The average molecular weight is 505 g/mol. The van der Waals surface area contributed by atoms with E-state index in [0.717, 1.165) is 24.8 Å². The summed E-state index contributed by atoms with van der Waals surface area (Å²) in [5, 5.41) is 4.68. The summed E-state index contributed by atoms with van der Waals surface area (Å²) in [6.45, 7) is 1.40. The molecule has 1 aliphatic rings. The predicted molar refractivity (Wildman–Crippen MR) is 124 cm³/mol. The van der Waals surface area contributed by atoms with Gasteiger partial charge in [-0.15, -0.1) is 0 Å². The van der Waals surface area contributed by atoms with Crippen molar-refractivity contribution in [1.82, 2.24) is 10.3 Å². The van der Waals surface area contributed by atoms with E-state index in [1.165, 1.54) is 6.07 Å². The van der Waals surface area contributed by atoms with Crippen molar-refractivity contribution in [2.75, 3.05) is 18.4 Å². The standard InChI is InChI=1S/C24H17ClF4N4O2/c25-19-5-4-15(12-18(19)24(27,28)29)33-23(34)20(26)11-14-2-1-3-16(10-14)35-17-6-7-30-21(13-17)22-31-8-9-32-22/h1-7,10-13H,8-9H2,(H,31,32)(H,33,34). The number of amidine groups is 1. The van der Waals surface area contributed by atoms with E-state index in [1.54, 1.807) is 36.5 Å². The minimum absolute atomic E-state index is 0.248. The first kappa shape index (κ1) is 24.2. The first-order valence-corrected chi connectivity index (χ1v) is 10.6. The lowest BCUT2D eigenvalue weighted by Crippen LogP contribution is -2.20. The minimum Gasteiger partial charge on any atom is -0.457 e. The van der Waals surface area contributed by atoms with E-state index in [0.29, 0.717) is 41.2 Å².